The van der Waals surface area contributed by atoms with Gasteiger partial charge in [0.1, 0.15) is 12.4 Å². The number of benzene rings is 3. The zero-order valence-corrected chi connectivity index (χ0v) is 15.2. The van der Waals surface area contributed by atoms with Crippen molar-refractivity contribution >= 4 is 11.6 Å². The highest BCUT2D eigenvalue weighted by molar-refractivity contribution is 6.32. The van der Waals surface area contributed by atoms with Gasteiger partial charge in [-0.1, -0.05) is 78.3 Å². The third-order valence-electron chi connectivity index (χ3n) is 4.08. The van der Waals surface area contributed by atoms with Crippen LogP contribution in [0.5, 0.6) is 5.75 Å². The quantitative estimate of drug-likeness (QED) is 0.604. The van der Waals surface area contributed by atoms with Gasteiger partial charge < -0.3 is 15.2 Å². The van der Waals surface area contributed by atoms with Gasteiger partial charge in [0, 0.05) is 13.1 Å². The highest BCUT2D eigenvalue weighted by Gasteiger charge is 2.07. The number of rotatable bonds is 8. The maximum Gasteiger partial charge on any atom is 0.138 e. The molecular weight excluding hydrogens is 346 g/mol. The molecular formula is C22H22ClNO2. The summed E-state index contributed by atoms with van der Waals surface area (Å²) >= 11 is 6.33. The Morgan fingerprint density at radius 3 is 2.27 bits per heavy atom. The molecule has 3 nitrogen and oxygen atoms in total. The van der Waals surface area contributed by atoms with E-state index in [0.29, 0.717) is 30.5 Å². The van der Waals surface area contributed by atoms with E-state index in [1.165, 1.54) is 0 Å². The Hall–Kier alpha value is -2.33. The summed E-state index contributed by atoms with van der Waals surface area (Å²) in [5.74, 6) is 0.670. The Kier molecular flexibility index (Phi) is 6.67. The average Bonchev–Trinajstić information content (AvgIpc) is 2.69. The summed E-state index contributed by atoms with van der Waals surface area (Å²) in [6.07, 6.45) is -0.528. The van der Waals surface area contributed by atoms with Crippen molar-refractivity contribution < 1.29 is 9.84 Å². The van der Waals surface area contributed by atoms with E-state index in [1.807, 2.05) is 78.9 Å². The van der Waals surface area contributed by atoms with E-state index < -0.39 is 6.10 Å². The van der Waals surface area contributed by atoms with Crippen LogP contribution in [0.25, 0.3) is 0 Å². The van der Waals surface area contributed by atoms with Gasteiger partial charge in [-0.2, -0.15) is 0 Å². The van der Waals surface area contributed by atoms with Crippen LogP contribution in [0, 0.1) is 0 Å². The molecule has 0 amide bonds. The second-order valence-electron chi connectivity index (χ2n) is 6.10. The van der Waals surface area contributed by atoms with Gasteiger partial charge in [0.25, 0.3) is 0 Å². The van der Waals surface area contributed by atoms with Gasteiger partial charge in [0.05, 0.1) is 11.1 Å². The summed E-state index contributed by atoms with van der Waals surface area (Å²) in [6, 6.07) is 25.4. The lowest BCUT2D eigenvalue weighted by atomic mass is 10.1. The molecule has 0 saturated heterocycles. The Morgan fingerprint density at radius 2 is 1.58 bits per heavy atom. The molecule has 0 bridgehead atoms. The molecule has 26 heavy (non-hydrogen) atoms. The van der Waals surface area contributed by atoms with E-state index in [0.717, 1.165) is 16.7 Å². The van der Waals surface area contributed by atoms with Crippen LogP contribution in [0.2, 0.25) is 5.02 Å². The molecule has 0 radical (unpaired) electrons. The van der Waals surface area contributed by atoms with Gasteiger partial charge in [-0.15, -0.1) is 0 Å². The summed E-state index contributed by atoms with van der Waals surface area (Å²) in [7, 11) is 0. The van der Waals surface area contributed by atoms with Gasteiger partial charge in [0.2, 0.25) is 0 Å². The molecule has 0 spiro atoms. The number of ether oxygens (including phenoxy) is 1. The standard InChI is InChI=1S/C22H22ClNO2/c23-20-13-18(14-24-15-21(25)19-9-5-2-6-10-19)11-12-22(20)26-16-17-7-3-1-4-8-17/h1-13,21,24-25H,14-16H2/t21-/m1/s1. The highest BCUT2D eigenvalue weighted by atomic mass is 35.5. The first-order valence-electron chi connectivity index (χ1n) is 8.61. The molecule has 3 aromatic rings. The second kappa shape index (κ2) is 9.39. The molecule has 0 fully saturated rings. The SMILES string of the molecule is O[C@H](CNCc1ccc(OCc2ccccc2)c(Cl)c1)c1ccccc1. The van der Waals surface area contributed by atoms with E-state index in [-0.39, 0.29) is 0 Å². The second-order valence-corrected chi connectivity index (χ2v) is 6.50. The fourth-order valence-corrected chi connectivity index (χ4v) is 2.91. The maximum atomic E-state index is 10.2. The lowest BCUT2D eigenvalue weighted by Crippen LogP contribution is -2.21. The zero-order valence-electron chi connectivity index (χ0n) is 14.4. The minimum absolute atomic E-state index is 0.480. The number of halogens is 1. The van der Waals surface area contributed by atoms with Crippen LogP contribution in [0.1, 0.15) is 22.8 Å². The molecule has 0 heterocycles. The average molecular weight is 368 g/mol. The molecule has 2 N–H and O–H groups in total. The molecule has 4 heteroatoms. The first-order valence-corrected chi connectivity index (χ1v) is 8.99. The van der Waals surface area contributed by atoms with E-state index in [1.54, 1.807) is 0 Å². The number of aliphatic hydroxyl groups excluding tert-OH is 1. The Labute approximate surface area is 159 Å². The van der Waals surface area contributed by atoms with Crippen molar-refractivity contribution in [2.45, 2.75) is 19.3 Å². The third kappa shape index (κ3) is 5.33. The van der Waals surface area contributed by atoms with Crippen LogP contribution in [0.15, 0.2) is 78.9 Å². The van der Waals surface area contributed by atoms with Crippen molar-refractivity contribution in [3.63, 3.8) is 0 Å². The molecule has 3 aromatic carbocycles. The monoisotopic (exact) mass is 367 g/mol. The maximum absolute atomic E-state index is 10.2. The number of hydrogen-bond acceptors (Lipinski definition) is 3. The van der Waals surface area contributed by atoms with E-state index in [9.17, 15) is 5.11 Å². The molecule has 0 unspecified atom stereocenters. The van der Waals surface area contributed by atoms with Crippen LogP contribution in [-0.4, -0.2) is 11.7 Å². The van der Waals surface area contributed by atoms with Gasteiger partial charge in [-0.3, -0.25) is 0 Å². The Balaban J connectivity index is 1.49. The Bertz CT molecular complexity index is 809. The van der Waals surface area contributed by atoms with Crippen molar-refractivity contribution in [1.29, 1.82) is 0 Å². The highest BCUT2D eigenvalue weighted by Crippen LogP contribution is 2.26. The predicted molar refractivity (Wildman–Crippen MR) is 105 cm³/mol. The summed E-state index contributed by atoms with van der Waals surface area (Å²) < 4.78 is 5.79. The van der Waals surface area contributed by atoms with Crippen molar-refractivity contribution in [1.82, 2.24) is 5.32 Å². The van der Waals surface area contributed by atoms with Crippen LogP contribution in [0.3, 0.4) is 0 Å². The molecule has 0 saturated carbocycles. The van der Waals surface area contributed by atoms with Crippen LogP contribution < -0.4 is 10.1 Å². The largest absolute Gasteiger partial charge is 0.487 e. The molecule has 0 aromatic heterocycles. The van der Waals surface area contributed by atoms with Gasteiger partial charge >= 0.3 is 0 Å². The normalized spacial score (nSPS) is 11.9. The molecule has 0 aliphatic heterocycles. The lowest BCUT2D eigenvalue weighted by molar-refractivity contribution is 0.174. The first kappa shape index (κ1) is 18.5. The fourth-order valence-electron chi connectivity index (χ4n) is 2.65. The minimum atomic E-state index is -0.528. The molecule has 1 atom stereocenters. The van der Waals surface area contributed by atoms with Crippen LogP contribution in [0.4, 0.5) is 0 Å². The van der Waals surface area contributed by atoms with E-state index >= 15 is 0 Å². The smallest absolute Gasteiger partial charge is 0.138 e. The topological polar surface area (TPSA) is 41.5 Å². The molecule has 0 aliphatic carbocycles. The lowest BCUT2D eigenvalue weighted by Gasteiger charge is -2.13. The van der Waals surface area contributed by atoms with Crippen molar-refractivity contribution in [3.05, 3.63) is 101 Å². The van der Waals surface area contributed by atoms with Gasteiger partial charge in [-0.25, -0.2) is 0 Å². The summed E-state index contributed by atoms with van der Waals surface area (Å²) in [5.41, 5.74) is 3.05. The number of aliphatic hydroxyl groups is 1. The molecule has 134 valence electrons. The van der Waals surface area contributed by atoms with Gasteiger partial charge in [-0.05, 0) is 28.8 Å². The van der Waals surface area contributed by atoms with Crippen molar-refractivity contribution in [2.75, 3.05) is 6.54 Å². The molecule has 3 rings (SSSR count). The summed E-state index contributed by atoms with van der Waals surface area (Å²) in [4.78, 5) is 0. The minimum Gasteiger partial charge on any atom is -0.487 e. The van der Waals surface area contributed by atoms with E-state index in [4.69, 9.17) is 16.3 Å². The number of nitrogens with one attached hydrogen (secondary N) is 1. The van der Waals surface area contributed by atoms with Crippen molar-refractivity contribution in [2.24, 2.45) is 0 Å². The van der Waals surface area contributed by atoms with Crippen LogP contribution >= 0.6 is 11.6 Å². The molecule has 0 aliphatic rings. The van der Waals surface area contributed by atoms with Crippen LogP contribution in [-0.2, 0) is 13.2 Å². The first-order chi connectivity index (χ1) is 12.7. The fraction of sp³-hybridized carbons (Fsp3) is 0.182. The Morgan fingerprint density at radius 1 is 0.885 bits per heavy atom. The third-order valence-corrected chi connectivity index (χ3v) is 4.38. The zero-order chi connectivity index (χ0) is 18.2. The number of hydrogen-bond donors (Lipinski definition) is 2. The predicted octanol–water partition coefficient (Wildman–Crippen LogP) is 4.74. The van der Waals surface area contributed by atoms with E-state index in [2.05, 4.69) is 5.32 Å². The summed E-state index contributed by atoms with van der Waals surface area (Å²) in [5, 5.41) is 14.0. The van der Waals surface area contributed by atoms with Crippen molar-refractivity contribution in [3.8, 4) is 5.75 Å². The summed E-state index contributed by atoms with van der Waals surface area (Å²) in [6.45, 7) is 1.60. The van der Waals surface area contributed by atoms with Gasteiger partial charge in [0.15, 0.2) is 0 Å².